The van der Waals surface area contributed by atoms with Crippen molar-refractivity contribution < 1.29 is 23.5 Å². The molecule has 6 heteroatoms. The minimum atomic E-state index is -1.75. The second kappa shape index (κ2) is 19.2. The van der Waals surface area contributed by atoms with Crippen molar-refractivity contribution in [2.75, 3.05) is 40.9 Å². The molecule has 0 aliphatic heterocycles. The molecule has 0 aliphatic rings. The van der Waals surface area contributed by atoms with Crippen LogP contribution >= 0.6 is 8.60 Å². The lowest BCUT2D eigenvalue weighted by Gasteiger charge is -2.23. The lowest BCUT2D eigenvalue weighted by atomic mass is 10.0. The molecule has 0 aromatic heterocycles. The fourth-order valence-corrected chi connectivity index (χ4v) is 3.82. The zero-order chi connectivity index (χ0) is 21.1. The Labute approximate surface area is 176 Å². The largest absolute Gasteiger partial charge is 0.393 e. The highest BCUT2D eigenvalue weighted by Gasteiger charge is 2.10. The Morgan fingerprint density at radius 1 is 0.714 bits per heavy atom. The number of quaternary nitrogens is 1. The van der Waals surface area contributed by atoms with Gasteiger partial charge in [0, 0.05) is 6.42 Å². The molecule has 0 spiro atoms. The lowest BCUT2D eigenvalue weighted by molar-refractivity contribution is -0.870. The molecule has 5 nitrogen and oxygen atoms in total. The smallest absolute Gasteiger partial charge is 0.329 e. The summed E-state index contributed by atoms with van der Waals surface area (Å²) in [6.45, 7) is 4.31. The molecule has 0 aliphatic carbocycles. The van der Waals surface area contributed by atoms with Crippen LogP contribution in [0.3, 0.4) is 0 Å². The van der Waals surface area contributed by atoms with E-state index in [-0.39, 0.29) is 6.10 Å². The molecule has 2 N–H and O–H groups in total. The molecule has 0 aromatic carbocycles. The maximum atomic E-state index is 10.1. The molecule has 0 aromatic rings. The van der Waals surface area contributed by atoms with E-state index in [0.29, 0.717) is 13.2 Å². The van der Waals surface area contributed by atoms with Crippen LogP contribution in [0.1, 0.15) is 96.8 Å². The zero-order valence-electron chi connectivity index (χ0n) is 19.2. The van der Waals surface area contributed by atoms with Gasteiger partial charge in [0.1, 0.15) is 0 Å². The highest BCUT2D eigenvalue weighted by molar-refractivity contribution is 7.40. The Balaban J connectivity index is 3.33. The van der Waals surface area contributed by atoms with Crippen molar-refractivity contribution in [3.8, 4) is 0 Å². The minimum absolute atomic E-state index is 0.188. The predicted molar refractivity (Wildman–Crippen MR) is 120 cm³/mol. The van der Waals surface area contributed by atoms with Crippen LogP contribution in [0.2, 0.25) is 0 Å². The topological polar surface area (TPSA) is 58.9 Å². The van der Waals surface area contributed by atoms with E-state index in [1.807, 2.05) is 0 Å². The maximum absolute atomic E-state index is 10.1. The number of aliphatic hydroxyl groups is 1. The van der Waals surface area contributed by atoms with E-state index in [0.717, 1.165) is 49.6 Å². The second-order valence-electron chi connectivity index (χ2n) is 9.04. The van der Waals surface area contributed by atoms with E-state index in [2.05, 4.69) is 28.1 Å². The summed E-state index contributed by atoms with van der Waals surface area (Å²) in [5.74, 6) is 0. The molecule has 2 atom stereocenters. The van der Waals surface area contributed by atoms with Crippen molar-refractivity contribution >= 4 is 8.60 Å². The summed E-state index contributed by atoms with van der Waals surface area (Å²) in [5, 5.41) is 10.1. The Bertz CT molecular complexity index is 326. The summed E-state index contributed by atoms with van der Waals surface area (Å²) < 4.78 is 11.5. The van der Waals surface area contributed by atoms with Crippen molar-refractivity contribution in [1.29, 1.82) is 0 Å². The van der Waals surface area contributed by atoms with Gasteiger partial charge < -0.3 is 23.5 Å². The van der Waals surface area contributed by atoms with Crippen molar-refractivity contribution in [3.05, 3.63) is 0 Å². The first-order chi connectivity index (χ1) is 13.3. The summed E-state index contributed by atoms with van der Waals surface area (Å²) in [7, 11) is 4.67. The Morgan fingerprint density at radius 2 is 1.18 bits per heavy atom. The van der Waals surface area contributed by atoms with Gasteiger partial charge in [0.25, 0.3) is 0 Å². The summed E-state index contributed by atoms with van der Waals surface area (Å²) >= 11 is 0. The third-order valence-corrected chi connectivity index (χ3v) is 5.76. The quantitative estimate of drug-likeness (QED) is 0.140. The van der Waals surface area contributed by atoms with Crippen LogP contribution in [0.4, 0.5) is 0 Å². The number of aliphatic hydroxyl groups excluding tert-OH is 1. The molecule has 0 bridgehead atoms. The number of unbranched alkanes of at least 4 members (excludes halogenated alkanes) is 9. The molecular formula is C22H49NO4P+. The van der Waals surface area contributed by atoms with Crippen LogP contribution in [0.15, 0.2) is 0 Å². The number of hydrogen-bond donors (Lipinski definition) is 2. The third kappa shape index (κ3) is 22.5. The number of rotatable bonds is 21. The van der Waals surface area contributed by atoms with Crippen LogP contribution in [0.5, 0.6) is 0 Å². The summed E-state index contributed by atoms with van der Waals surface area (Å²) in [6.07, 6.45) is 16.1. The number of hydrogen-bond acceptors (Lipinski definition) is 4. The molecule has 28 heavy (non-hydrogen) atoms. The van der Waals surface area contributed by atoms with Crippen molar-refractivity contribution in [2.45, 2.75) is 103 Å². The van der Waals surface area contributed by atoms with E-state index in [1.165, 1.54) is 51.4 Å². The molecular weight excluding hydrogens is 373 g/mol. The molecule has 0 fully saturated rings. The van der Waals surface area contributed by atoms with Gasteiger partial charge in [-0.15, -0.1) is 0 Å². The fraction of sp³-hybridized carbons (Fsp3) is 1.00. The second-order valence-corrected chi connectivity index (χ2v) is 10.0. The number of nitrogens with zero attached hydrogens (tertiary/aromatic N) is 1. The van der Waals surface area contributed by atoms with Gasteiger partial charge in [0.15, 0.2) is 0 Å². The molecule has 0 amide bonds. The van der Waals surface area contributed by atoms with Crippen molar-refractivity contribution in [2.24, 2.45) is 0 Å². The van der Waals surface area contributed by atoms with Crippen molar-refractivity contribution in [1.82, 2.24) is 0 Å². The molecule has 2 unspecified atom stereocenters. The molecule has 0 saturated carbocycles. The Hall–Kier alpha value is 0.230. The zero-order valence-corrected chi connectivity index (χ0v) is 20.1. The van der Waals surface area contributed by atoms with Crippen molar-refractivity contribution in [3.63, 3.8) is 0 Å². The molecule has 0 radical (unpaired) electrons. The standard InChI is InChI=1S/C22H49NO4P/c1-5-6-7-8-9-10-11-12-13-17-22(24)18-14-15-20-26-28(25)27-21-16-19-23(2,3)4/h22,24-25H,5-21H2,1-4H3/q+1. The van der Waals surface area contributed by atoms with Gasteiger partial charge in [-0.25, -0.2) is 0 Å². The first-order valence-electron chi connectivity index (χ1n) is 11.6. The van der Waals surface area contributed by atoms with Crippen LogP contribution in [-0.2, 0) is 9.05 Å². The summed E-state index contributed by atoms with van der Waals surface area (Å²) in [4.78, 5) is 9.70. The van der Waals surface area contributed by atoms with Gasteiger partial charge >= 0.3 is 8.60 Å². The highest BCUT2D eigenvalue weighted by Crippen LogP contribution is 2.33. The molecule has 0 heterocycles. The van der Waals surface area contributed by atoms with Gasteiger partial charge in [-0.05, 0) is 25.7 Å². The Morgan fingerprint density at radius 3 is 1.71 bits per heavy atom. The minimum Gasteiger partial charge on any atom is -0.393 e. The van der Waals surface area contributed by atoms with Gasteiger partial charge in [0.2, 0.25) is 0 Å². The summed E-state index contributed by atoms with van der Waals surface area (Å²) in [6, 6.07) is 0. The van der Waals surface area contributed by atoms with E-state index in [9.17, 15) is 10.00 Å². The summed E-state index contributed by atoms with van der Waals surface area (Å²) in [5.41, 5.74) is 0. The van der Waals surface area contributed by atoms with E-state index in [1.54, 1.807) is 0 Å². The van der Waals surface area contributed by atoms with E-state index in [4.69, 9.17) is 9.05 Å². The van der Waals surface area contributed by atoms with Crippen LogP contribution in [-0.4, -0.2) is 61.5 Å². The first-order valence-corrected chi connectivity index (χ1v) is 12.7. The van der Waals surface area contributed by atoms with Gasteiger partial charge in [-0.2, -0.15) is 0 Å². The molecule has 0 saturated heterocycles. The highest BCUT2D eigenvalue weighted by atomic mass is 31.2. The average molecular weight is 423 g/mol. The Kier molecular flexibility index (Phi) is 19.4. The monoisotopic (exact) mass is 422 g/mol. The van der Waals surface area contributed by atoms with Gasteiger partial charge in [-0.3, -0.25) is 0 Å². The maximum Gasteiger partial charge on any atom is 0.329 e. The fourth-order valence-electron chi connectivity index (χ4n) is 3.18. The lowest BCUT2D eigenvalue weighted by Crippen LogP contribution is -2.35. The third-order valence-electron chi connectivity index (χ3n) is 4.95. The first kappa shape index (κ1) is 28.2. The van der Waals surface area contributed by atoms with E-state index < -0.39 is 8.60 Å². The van der Waals surface area contributed by atoms with Crippen LogP contribution in [0.25, 0.3) is 0 Å². The van der Waals surface area contributed by atoms with Gasteiger partial charge in [-0.1, -0.05) is 64.7 Å². The van der Waals surface area contributed by atoms with E-state index >= 15 is 0 Å². The molecule has 170 valence electrons. The average Bonchev–Trinajstić information content (AvgIpc) is 2.63. The van der Waals surface area contributed by atoms with Gasteiger partial charge in [0.05, 0.1) is 47.0 Å². The van der Waals surface area contributed by atoms with Crippen LogP contribution in [0, 0.1) is 0 Å². The van der Waals surface area contributed by atoms with Crippen LogP contribution < -0.4 is 0 Å². The predicted octanol–water partition coefficient (Wildman–Crippen LogP) is 5.79. The SMILES string of the molecule is CCCCCCCCCCCC(O)CCCCOP(O)OCCC[N+](C)(C)C. The normalized spacial score (nSPS) is 14.4. The molecule has 0 rings (SSSR count).